The van der Waals surface area contributed by atoms with Crippen molar-refractivity contribution in [2.75, 3.05) is 47.1 Å². The summed E-state index contributed by atoms with van der Waals surface area (Å²) >= 11 is 0. The van der Waals surface area contributed by atoms with Crippen LogP contribution in [0.3, 0.4) is 0 Å². The van der Waals surface area contributed by atoms with Crippen molar-refractivity contribution in [1.29, 1.82) is 0 Å². The predicted molar refractivity (Wildman–Crippen MR) is 86.7 cm³/mol. The van der Waals surface area contributed by atoms with Crippen molar-refractivity contribution in [1.82, 2.24) is 4.90 Å². The molecule has 0 unspecified atom stereocenters. The van der Waals surface area contributed by atoms with E-state index in [1.54, 1.807) is 14.2 Å². The molecule has 0 aromatic heterocycles. The Balaban J connectivity index is 1.85. The maximum absolute atomic E-state index is 6.01. The predicted octanol–water partition coefficient (Wildman–Crippen LogP) is 1.28. The second-order valence-electron chi connectivity index (χ2n) is 5.12. The Kier molecular flexibility index (Phi) is 6.33. The van der Waals surface area contributed by atoms with Crippen LogP contribution in [0.2, 0.25) is 0 Å². The van der Waals surface area contributed by atoms with Gasteiger partial charge in [-0.05, 0) is 36.6 Å². The summed E-state index contributed by atoms with van der Waals surface area (Å²) in [6, 6.07) is 5.84. The highest BCUT2D eigenvalue weighted by molar-refractivity contribution is 5.78. The summed E-state index contributed by atoms with van der Waals surface area (Å²) < 4.78 is 15.9. The van der Waals surface area contributed by atoms with Gasteiger partial charge >= 0.3 is 0 Å². The van der Waals surface area contributed by atoms with Crippen LogP contribution in [0.1, 0.15) is 12.0 Å². The van der Waals surface area contributed by atoms with E-state index in [2.05, 4.69) is 9.89 Å². The van der Waals surface area contributed by atoms with Crippen molar-refractivity contribution in [2.45, 2.75) is 12.8 Å². The number of hydrogen-bond acceptors (Lipinski definition) is 4. The molecule has 2 rings (SSSR count). The molecule has 1 saturated heterocycles. The molecular formula is C16H25N3O3. The van der Waals surface area contributed by atoms with Crippen molar-refractivity contribution in [3.8, 4) is 11.5 Å². The number of morpholine rings is 1. The maximum atomic E-state index is 6.01. The van der Waals surface area contributed by atoms with Gasteiger partial charge in [-0.2, -0.15) is 0 Å². The second kappa shape index (κ2) is 8.48. The van der Waals surface area contributed by atoms with Crippen molar-refractivity contribution in [3.05, 3.63) is 23.8 Å². The lowest BCUT2D eigenvalue weighted by molar-refractivity contribution is 0.0674. The molecule has 0 radical (unpaired) electrons. The van der Waals surface area contributed by atoms with Crippen molar-refractivity contribution < 1.29 is 14.2 Å². The first-order chi connectivity index (χ1) is 10.7. The highest BCUT2D eigenvalue weighted by Crippen LogP contribution is 2.25. The number of methoxy groups -OCH3 is 2. The van der Waals surface area contributed by atoms with Crippen LogP contribution in [0.15, 0.2) is 23.2 Å². The monoisotopic (exact) mass is 307 g/mol. The molecule has 1 fully saturated rings. The summed E-state index contributed by atoms with van der Waals surface area (Å²) in [5.41, 5.74) is 7.13. The van der Waals surface area contributed by atoms with Crippen LogP contribution in [0, 0.1) is 0 Å². The van der Waals surface area contributed by atoms with Gasteiger partial charge in [-0.1, -0.05) is 0 Å². The number of nitrogens with two attached hydrogens (primary N) is 1. The summed E-state index contributed by atoms with van der Waals surface area (Å²) in [5.74, 6) is 2.33. The average molecular weight is 307 g/mol. The van der Waals surface area contributed by atoms with Gasteiger partial charge in [0.25, 0.3) is 0 Å². The van der Waals surface area contributed by atoms with E-state index >= 15 is 0 Å². The first-order valence-electron chi connectivity index (χ1n) is 7.58. The largest absolute Gasteiger partial charge is 0.497 e. The van der Waals surface area contributed by atoms with Gasteiger partial charge < -0.3 is 24.8 Å². The molecule has 0 saturated carbocycles. The summed E-state index contributed by atoms with van der Waals surface area (Å²) in [6.45, 7) is 3.77. The summed E-state index contributed by atoms with van der Waals surface area (Å²) in [4.78, 5) is 6.52. The minimum Gasteiger partial charge on any atom is -0.497 e. The van der Waals surface area contributed by atoms with Gasteiger partial charge in [-0.3, -0.25) is 4.99 Å². The standard InChI is InChI=1S/C16H25N3O3/c1-20-14-5-6-15(21-2)13(12-14)4-3-7-18-16(17)19-8-10-22-11-9-19/h5-6,12H,3-4,7-11H2,1-2H3,(H2,17,18). The Labute approximate surface area is 131 Å². The zero-order valence-electron chi connectivity index (χ0n) is 13.4. The quantitative estimate of drug-likeness (QED) is 0.487. The SMILES string of the molecule is COc1ccc(OC)c(CCCN=C(N)N2CCOCC2)c1. The van der Waals surface area contributed by atoms with Crippen LogP contribution in [-0.2, 0) is 11.2 Å². The minimum absolute atomic E-state index is 0.612. The molecular weight excluding hydrogens is 282 g/mol. The lowest BCUT2D eigenvalue weighted by Crippen LogP contribution is -2.44. The number of nitrogens with zero attached hydrogens (tertiary/aromatic N) is 2. The molecule has 0 spiro atoms. The summed E-state index contributed by atoms with van der Waals surface area (Å²) in [5, 5.41) is 0. The third-order valence-corrected chi connectivity index (χ3v) is 3.70. The second-order valence-corrected chi connectivity index (χ2v) is 5.12. The van der Waals surface area contributed by atoms with Crippen molar-refractivity contribution in [3.63, 3.8) is 0 Å². The first kappa shape index (κ1) is 16.4. The Morgan fingerprint density at radius 1 is 1.27 bits per heavy atom. The average Bonchev–Trinajstić information content (AvgIpc) is 2.59. The van der Waals surface area contributed by atoms with E-state index in [0.717, 1.165) is 56.2 Å². The highest BCUT2D eigenvalue weighted by atomic mass is 16.5. The Morgan fingerprint density at radius 2 is 2.05 bits per heavy atom. The molecule has 22 heavy (non-hydrogen) atoms. The van der Waals surface area contributed by atoms with E-state index in [1.807, 2.05) is 18.2 Å². The third kappa shape index (κ3) is 4.53. The lowest BCUT2D eigenvalue weighted by atomic mass is 10.1. The van der Waals surface area contributed by atoms with E-state index in [9.17, 15) is 0 Å². The lowest BCUT2D eigenvalue weighted by Gasteiger charge is -2.27. The smallest absolute Gasteiger partial charge is 0.191 e. The topological polar surface area (TPSA) is 69.3 Å². The zero-order chi connectivity index (χ0) is 15.8. The van der Waals surface area contributed by atoms with Crippen LogP contribution >= 0.6 is 0 Å². The third-order valence-electron chi connectivity index (χ3n) is 3.70. The summed E-state index contributed by atoms with van der Waals surface area (Å²) in [7, 11) is 3.35. The van der Waals surface area contributed by atoms with E-state index < -0.39 is 0 Å². The molecule has 1 aliphatic heterocycles. The Morgan fingerprint density at radius 3 is 2.73 bits per heavy atom. The Bertz CT molecular complexity index is 499. The fourth-order valence-corrected chi connectivity index (χ4v) is 2.43. The van der Waals surface area contributed by atoms with Gasteiger partial charge in [0.05, 0.1) is 27.4 Å². The number of aliphatic imine (C=N–C) groups is 1. The van der Waals surface area contributed by atoms with Gasteiger partial charge in [-0.25, -0.2) is 0 Å². The molecule has 0 aliphatic carbocycles. The molecule has 1 aromatic rings. The fourth-order valence-electron chi connectivity index (χ4n) is 2.43. The van der Waals surface area contributed by atoms with Crippen LogP contribution < -0.4 is 15.2 Å². The van der Waals surface area contributed by atoms with E-state index in [1.165, 1.54) is 0 Å². The van der Waals surface area contributed by atoms with Crippen LogP contribution in [0.4, 0.5) is 0 Å². The minimum atomic E-state index is 0.612. The van der Waals surface area contributed by atoms with Crippen molar-refractivity contribution >= 4 is 5.96 Å². The molecule has 0 bridgehead atoms. The molecule has 6 heteroatoms. The van der Waals surface area contributed by atoms with E-state index in [-0.39, 0.29) is 0 Å². The van der Waals surface area contributed by atoms with Crippen molar-refractivity contribution in [2.24, 2.45) is 10.7 Å². The number of ether oxygens (including phenoxy) is 3. The molecule has 1 aromatic carbocycles. The highest BCUT2D eigenvalue weighted by Gasteiger charge is 2.11. The van der Waals surface area contributed by atoms with Crippen LogP contribution in [0.5, 0.6) is 11.5 Å². The van der Waals surface area contributed by atoms with Gasteiger partial charge in [0.15, 0.2) is 5.96 Å². The molecule has 122 valence electrons. The molecule has 6 nitrogen and oxygen atoms in total. The molecule has 1 aliphatic rings. The maximum Gasteiger partial charge on any atom is 0.191 e. The van der Waals surface area contributed by atoms with E-state index in [4.69, 9.17) is 19.9 Å². The Hall–Kier alpha value is -1.95. The molecule has 0 amide bonds. The van der Waals surface area contributed by atoms with Crippen LogP contribution in [0.25, 0.3) is 0 Å². The number of rotatable bonds is 6. The molecule has 1 heterocycles. The normalized spacial score (nSPS) is 15.7. The number of guanidine groups is 1. The van der Waals surface area contributed by atoms with Gasteiger partial charge in [0.2, 0.25) is 0 Å². The van der Waals surface area contributed by atoms with Gasteiger partial charge in [0, 0.05) is 19.6 Å². The first-order valence-corrected chi connectivity index (χ1v) is 7.58. The summed E-state index contributed by atoms with van der Waals surface area (Å²) in [6.07, 6.45) is 1.79. The number of hydrogen-bond donors (Lipinski definition) is 1. The van der Waals surface area contributed by atoms with Crippen LogP contribution in [-0.4, -0.2) is 57.9 Å². The van der Waals surface area contributed by atoms with Gasteiger partial charge in [0.1, 0.15) is 11.5 Å². The number of benzene rings is 1. The van der Waals surface area contributed by atoms with E-state index in [0.29, 0.717) is 12.5 Å². The number of aryl methyl sites for hydroxylation is 1. The zero-order valence-corrected chi connectivity index (χ0v) is 13.4. The van der Waals surface area contributed by atoms with Gasteiger partial charge in [-0.15, -0.1) is 0 Å². The fraction of sp³-hybridized carbons (Fsp3) is 0.562. The molecule has 2 N–H and O–H groups in total. The molecule has 0 atom stereocenters.